The summed E-state index contributed by atoms with van der Waals surface area (Å²) in [7, 11) is -4.32. The van der Waals surface area contributed by atoms with Crippen LogP contribution in [0.1, 0.15) is 42.6 Å². The Morgan fingerprint density at radius 3 is 2.51 bits per heavy atom. The van der Waals surface area contributed by atoms with Crippen LogP contribution in [-0.4, -0.2) is 72.9 Å². The van der Waals surface area contributed by atoms with Crippen LogP contribution in [0.5, 0.6) is 0 Å². The van der Waals surface area contributed by atoms with E-state index in [9.17, 15) is 36.0 Å². The molecular weight excluding hydrogens is 575 g/mol. The Bertz CT molecular complexity index is 1520. The van der Waals surface area contributed by atoms with Crippen LogP contribution in [0.2, 0.25) is 0 Å². The van der Waals surface area contributed by atoms with Gasteiger partial charge in [0.05, 0.1) is 17.5 Å². The summed E-state index contributed by atoms with van der Waals surface area (Å²) >= 11 is 0. The third-order valence-electron chi connectivity index (χ3n) is 8.07. The third-order valence-corrected chi connectivity index (χ3v) is 8.92. The Kier molecular flexibility index (Phi) is 7.37. The molecule has 0 unspecified atom stereocenters. The Morgan fingerprint density at radius 2 is 1.90 bits per heavy atom. The summed E-state index contributed by atoms with van der Waals surface area (Å²) in [4.78, 5) is 42.8. The number of aromatic amines is 1. The number of hydrogen-bond acceptors (Lipinski definition) is 5. The number of fused-ring (bicyclic) bond motifs is 4. The zero-order valence-electron chi connectivity index (χ0n) is 21.7. The van der Waals surface area contributed by atoms with E-state index in [1.807, 2.05) is 0 Å². The number of nitrogens with one attached hydrogen (secondary N) is 3. The minimum absolute atomic E-state index is 0.112. The van der Waals surface area contributed by atoms with Gasteiger partial charge in [-0.1, -0.05) is 0 Å². The fraction of sp³-hybridized carbons (Fsp3) is 0.500. The molecule has 5 atom stereocenters. The maximum absolute atomic E-state index is 15.1. The van der Waals surface area contributed by atoms with Crippen molar-refractivity contribution in [1.82, 2.24) is 20.5 Å². The van der Waals surface area contributed by atoms with Crippen molar-refractivity contribution in [2.24, 2.45) is 11.8 Å². The van der Waals surface area contributed by atoms with Gasteiger partial charge < -0.3 is 20.5 Å². The zero-order chi connectivity index (χ0) is 29.9. The van der Waals surface area contributed by atoms with Gasteiger partial charge in [0, 0.05) is 36.6 Å². The molecule has 1 saturated carbocycles. The molecule has 41 heavy (non-hydrogen) atoms. The summed E-state index contributed by atoms with van der Waals surface area (Å²) in [6.07, 6.45) is 0.618. The van der Waals surface area contributed by atoms with Gasteiger partial charge in [-0.25, -0.2) is 26.0 Å². The van der Waals surface area contributed by atoms with Gasteiger partial charge in [-0.2, -0.15) is 4.39 Å². The van der Waals surface area contributed by atoms with Crippen LogP contribution < -0.4 is 10.6 Å². The van der Waals surface area contributed by atoms with Crippen LogP contribution in [0.4, 0.5) is 22.0 Å². The van der Waals surface area contributed by atoms with Crippen molar-refractivity contribution < 1.29 is 44.8 Å². The van der Waals surface area contributed by atoms with Crippen LogP contribution in [0, 0.1) is 23.5 Å². The van der Waals surface area contributed by atoms with Gasteiger partial charge >= 0.3 is 0 Å². The second-order valence-electron chi connectivity index (χ2n) is 10.8. The van der Waals surface area contributed by atoms with Crippen LogP contribution in [-0.2, 0) is 19.4 Å². The van der Waals surface area contributed by atoms with Crippen molar-refractivity contribution >= 4 is 38.5 Å². The summed E-state index contributed by atoms with van der Waals surface area (Å²) in [5, 5.41) is 3.14. The Hall–Kier alpha value is -3.49. The number of H-pyrrole nitrogens is 1. The van der Waals surface area contributed by atoms with E-state index >= 15 is 8.78 Å². The molecule has 1 aromatic carbocycles. The fourth-order valence-corrected chi connectivity index (χ4v) is 6.51. The van der Waals surface area contributed by atoms with E-state index in [0.29, 0.717) is 25.3 Å². The van der Waals surface area contributed by atoms with Crippen LogP contribution in [0.3, 0.4) is 0 Å². The van der Waals surface area contributed by atoms with Gasteiger partial charge in [0.15, 0.2) is 0 Å². The quantitative estimate of drug-likeness (QED) is 0.420. The number of rotatable bonds is 7. The Balaban J connectivity index is 1.49. The molecular formula is C26H27F5N4O5S. The molecule has 3 saturated heterocycles. The van der Waals surface area contributed by atoms with Gasteiger partial charge in [0.2, 0.25) is 26.8 Å². The van der Waals surface area contributed by atoms with Gasteiger partial charge in [0.1, 0.15) is 23.4 Å². The fourth-order valence-electron chi connectivity index (χ4n) is 6.10. The summed E-state index contributed by atoms with van der Waals surface area (Å²) in [5.41, 5.74) is -0.627. The second kappa shape index (κ2) is 10.4. The maximum Gasteiger partial charge on any atom is 0.271 e. The molecule has 4 aliphatic rings. The third kappa shape index (κ3) is 5.43. The number of piperidine rings is 2. The summed E-state index contributed by atoms with van der Waals surface area (Å²) in [5.74, 6) is -9.77. The van der Waals surface area contributed by atoms with E-state index in [1.54, 1.807) is 0 Å². The van der Waals surface area contributed by atoms with Crippen molar-refractivity contribution in [3.8, 4) is 0 Å². The SMILES string of the molecule is CS(=O)(=O)/C(F)=C/[C@@H](C[C@@H]1CCNC1=O)NC(=O)[C@@H]1[C@@H]2CC[C@@H](CC2(F)F)N1C(=O)c1cc2c(F)ccc(F)c2[nH]1. The molecule has 4 heterocycles. The Labute approximate surface area is 231 Å². The number of hydrogen-bond donors (Lipinski definition) is 3. The normalized spacial score (nSPS) is 26.7. The lowest BCUT2D eigenvalue weighted by Crippen LogP contribution is -2.68. The van der Waals surface area contributed by atoms with Crippen molar-refractivity contribution in [3.05, 3.63) is 46.8 Å². The molecule has 4 fully saturated rings. The molecule has 2 bridgehead atoms. The van der Waals surface area contributed by atoms with E-state index < -0.39 is 86.7 Å². The average molecular weight is 603 g/mol. The predicted octanol–water partition coefficient (Wildman–Crippen LogP) is 2.94. The smallest absolute Gasteiger partial charge is 0.271 e. The molecule has 3 aliphatic heterocycles. The number of aromatic nitrogens is 1. The maximum atomic E-state index is 15.1. The molecule has 222 valence electrons. The number of amides is 3. The zero-order valence-corrected chi connectivity index (χ0v) is 22.5. The number of nitrogens with zero attached hydrogens (tertiary/aromatic N) is 1. The lowest BCUT2D eigenvalue weighted by atomic mass is 9.71. The lowest BCUT2D eigenvalue weighted by molar-refractivity contribution is -0.179. The van der Waals surface area contributed by atoms with Crippen molar-refractivity contribution in [2.45, 2.75) is 56.2 Å². The first-order chi connectivity index (χ1) is 19.2. The van der Waals surface area contributed by atoms with Gasteiger partial charge in [-0.3, -0.25) is 14.4 Å². The second-order valence-corrected chi connectivity index (χ2v) is 12.8. The molecule has 0 spiro atoms. The highest BCUT2D eigenvalue weighted by molar-refractivity contribution is 7.94. The highest BCUT2D eigenvalue weighted by Gasteiger charge is 2.60. The monoisotopic (exact) mass is 602 g/mol. The van der Waals surface area contributed by atoms with E-state index in [4.69, 9.17) is 0 Å². The molecule has 9 nitrogen and oxygen atoms in total. The van der Waals surface area contributed by atoms with Crippen molar-refractivity contribution in [1.29, 1.82) is 0 Å². The number of benzene rings is 1. The van der Waals surface area contributed by atoms with Crippen molar-refractivity contribution in [2.75, 3.05) is 12.8 Å². The van der Waals surface area contributed by atoms with Crippen molar-refractivity contribution in [3.63, 3.8) is 0 Å². The first-order valence-electron chi connectivity index (χ1n) is 13.0. The first kappa shape index (κ1) is 29.0. The topological polar surface area (TPSA) is 128 Å². The van der Waals surface area contributed by atoms with E-state index in [2.05, 4.69) is 15.6 Å². The van der Waals surface area contributed by atoms with E-state index in [1.165, 1.54) is 0 Å². The largest absolute Gasteiger partial charge is 0.356 e. The summed E-state index contributed by atoms with van der Waals surface area (Å²) in [6, 6.07) is -1.48. The summed E-state index contributed by atoms with van der Waals surface area (Å²) < 4.78 is 96.6. The minimum atomic E-state index is -4.32. The van der Waals surface area contributed by atoms with Gasteiger partial charge in [0.25, 0.3) is 11.8 Å². The molecule has 1 aromatic heterocycles. The van der Waals surface area contributed by atoms with Crippen LogP contribution in [0.15, 0.2) is 29.4 Å². The molecule has 0 radical (unpaired) electrons. The molecule has 2 aromatic rings. The summed E-state index contributed by atoms with van der Waals surface area (Å²) in [6.45, 7) is 0.314. The average Bonchev–Trinajstić information content (AvgIpc) is 3.52. The molecule has 15 heteroatoms. The van der Waals surface area contributed by atoms with E-state index in [-0.39, 0.29) is 35.9 Å². The Morgan fingerprint density at radius 1 is 1.20 bits per heavy atom. The van der Waals surface area contributed by atoms with Crippen LogP contribution >= 0.6 is 0 Å². The first-order valence-corrected chi connectivity index (χ1v) is 14.9. The lowest BCUT2D eigenvalue weighted by Gasteiger charge is -2.53. The molecule has 3 N–H and O–H groups in total. The number of sulfone groups is 1. The van der Waals surface area contributed by atoms with Gasteiger partial charge in [-0.15, -0.1) is 0 Å². The number of carbonyl (C=O) groups is 3. The molecule has 6 rings (SSSR count). The molecule has 1 aliphatic carbocycles. The highest BCUT2D eigenvalue weighted by atomic mass is 32.2. The number of halogens is 5. The predicted molar refractivity (Wildman–Crippen MR) is 136 cm³/mol. The minimum Gasteiger partial charge on any atom is -0.356 e. The number of alkyl halides is 2. The van der Waals surface area contributed by atoms with Crippen LogP contribution in [0.25, 0.3) is 10.9 Å². The standard InChI is InChI=1S/C26H27F5N4O5S/c1-41(39,40)20(29)9-13(8-12-6-7-32-23(12)36)33-24(37)22-16-3-2-14(11-26(16,30)31)35(22)25(38)19-10-15-17(27)4-5-18(28)21(15)34-19/h4-5,9-10,12-14,16,22,34H,2-3,6-8,11H2,1H3,(H,32,36)(H,33,37)/b20-9+/t12-,13+,14-,16-,22-/m0/s1. The van der Waals surface area contributed by atoms with E-state index in [0.717, 1.165) is 23.1 Å². The molecule has 3 amide bonds. The van der Waals surface area contributed by atoms with Gasteiger partial charge in [-0.05, 0) is 50.0 Å². The number of carbonyl (C=O) groups excluding carboxylic acids is 3. The highest BCUT2D eigenvalue weighted by Crippen LogP contribution is 2.49.